The minimum absolute atomic E-state index is 0.00200. The Labute approximate surface area is 212 Å². The molecule has 1 aromatic heterocycles. The number of hydrogen-bond donors (Lipinski definition) is 0. The van der Waals surface area contributed by atoms with Gasteiger partial charge in [-0.15, -0.1) is 0 Å². The Morgan fingerprint density at radius 3 is 2.25 bits per heavy atom. The van der Waals surface area contributed by atoms with Crippen molar-refractivity contribution in [2.75, 3.05) is 38.2 Å². The van der Waals surface area contributed by atoms with Gasteiger partial charge >= 0.3 is 0 Å². The van der Waals surface area contributed by atoms with E-state index in [0.29, 0.717) is 18.8 Å². The van der Waals surface area contributed by atoms with Gasteiger partial charge in [-0.2, -0.15) is 5.10 Å². The summed E-state index contributed by atoms with van der Waals surface area (Å²) < 4.78 is 7.33. The number of nitrogens with zero attached hydrogens (tertiary/aromatic N) is 4. The number of para-hydroxylation sites is 2. The molecule has 6 nitrogen and oxygen atoms in total. The second-order valence-corrected chi connectivity index (χ2v) is 9.41. The molecule has 0 unspecified atom stereocenters. The summed E-state index contributed by atoms with van der Waals surface area (Å²) in [6.45, 7) is 9.01. The van der Waals surface area contributed by atoms with Crippen molar-refractivity contribution in [2.45, 2.75) is 20.8 Å². The third-order valence-corrected chi connectivity index (χ3v) is 7.00. The molecule has 0 N–H and O–H groups in total. The van der Waals surface area contributed by atoms with E-state index in [1.54, 1.807) is 11.8 Å². The minimum atomic E-state index is -0.00200. The molecule has 4 aromatic rings. The largest absolute Gasteiger partial charge is 0.495 e. The molecule has 6 heteroatoms. The molecular weight excluding hydrogens is 448 g/mol. The lowest BCUT2D eigenvalue weighted by Gasteiger charge is -2.36. The highest BCUT2D eigenvalue weighted by atomic mass is 16.5. The predicted molar refractivity (Wildman–Crippen MR) is 144 cm³/mol. The average Bonchev–Trinajstić information content (AvgIpc) is 3.36. The van der Waals surface area contributed by atoms with E-state index in [4.69, 9.17) is 9.84 Å². The van der Waals surface area contributed by atoms with E-state index in [-0.39, 0.29) is 5.91 Å². The molecule has 184 valence electrons. The minimum Gasteiger partial charge on any atom is -0.495 e. The zero-order valence-corrected chi connectivity index (χ0v) is 21.4. The summed E-state index contributed by atoms with van der Waals surface area (Å²) in [4.78, 5) is 18.0. The molecule has 0 radical (unpaired) electrons. The number of benzene rings is 3. The van der Waals surface area contributed by atoms with Crippen molar-refractivity contribution in [1.82, 2.24) is 14.7 Å². The van der Waals surface area contributed by atoms with Crippen LogP contribution in [0.2, 0.25) is 0 Å². The normalized spacial score (nSPS) is 13.7. The van der Waals surface area contributed by atoms with Gasteiger partial charge in [-0.25, -0.2) is 4.68 Å². The fourth-order valence-corrected chi connectivity index (χ4v) is 4.66. The maximum atomic E-state index is 13.8. The van der Waals surface area contributed by atoms with Crippen LogP contribution in [0.5, 0.6) is 5.75 Å². The number of anilines is 1. The molecule has 3 aromatic carbocycles. The maximum absolute atomic E-state index is 13.8. The number of carbonyl (C=O) groups excluding carboxylic acids is 1. The first-order chi connectivity index (χ1) is 17.4. The predicted octanol–water partition coefficient (Wildman–Crippen LogP) is 5.44. The summed E-state index contributed by atoms with van der Waals surface area (Å²) in [5, 5.41) is 4.89. The van der Waals surface area contributed by atoms with Gasteiger partial charge in [0.05, 0.1) is 24.2 Å². The van der Waals surface area contributed by atoms with E-state index in [0.717, 1.165) is 41.5 Å². The molecule has 0 spiro atoms. The quantitative estimate of drug-likeness (QED) is 0.382. The van der Waals surface area contributed by atoms with Crippen LogP contribution >= 0.6 is 0 Å². The van der Waals surface area contributed by atoms with Crippen molar-refractivity contribution in [3.05, 3.63) is 95.2 Å². The summed E-state index contributed by atoms with van der Waals surface area (Å²) in [5.74, 6) is 0.852. The Morgan fingerprint density at radius 2 is 1.56 bits per heavy atom. The van der Waals surface area contributed by atoms with Gasteiger partial charge in [-0.3, -0.25) is 4.79 Å². The Balaban J connectivity index is 1.44. The van der Waals surface area contributed by atoms with Gasteiger partial charge in [-0.05, 0) is 68.3 Å². The number of aryl methyl sites for hydroxylation is 3. The van der Waals surface area contributed by atoms with Crippen LogP contribution in [-0.4, -0.2) is 53.9 Å². The van der Waals surface area contributed by atoms with Gasteiger partial charge in [0.25, 0.3) is 5.91 Å². The maximum Gasteiger partial charge on any atom is 0.272 e. The third-order valence-electron chi connectivity index (χ3n) is 7.00. The Kier molecular flexibility index (Phi) is 6.51. The lowest BCUT2D eigenvalue weighted by atomic mass is 10.0. The van der Waals surface area contributed by atoms with Crippen LogP contribution in [0.3, 0.4) is 0 Å². The van der Waals surface area contributed by atoms with Crippen molar-refractivity contribution in [2.24, 2.45) is 0 Å². The van der Waals surface area contributed by atoms with E-state index >= 15 is 0 Å². The summed E-state index contributed by atoms with van der Waals surface area (Å²) in [7, 11) is 1.69. The highest BCUT2D eigenvalue weighted by Crippen LogP contribution is 2.29. The fourth-order valence-electron chi connectivity index (χ4n) is 4.66. The molecule has 0 aliphatic carbocycles. The van der Waals surface area contributed by atoms with Gasteiger partial charge in [0.1, 0.15) is 11.4 Å². The van der Waals surface area contributed by atoms with Crippen LogP contribution in [0, 0.1) is 20.8 Å². The number of rotatable bonds is 5. The van der Waals surface area contributed by atoms with Crippen LogP contribution in [0.4, 0.5) is 5.69 Å². The fraction of sp³-hybridized carbons (Fsp3) is 0.267. The molecule has 1 amide bonds. The van der Waals surface area contributed by atoms with Crippen LogP contribution in [0.15, 0.2) is 72.8 Å². The number of piperazine rings is 1. The topological polar surface area (TPSA) is 50.6 Å². The number of aromatic nitrogens is 2. The number of amides is 1. The average molecular weight is 481 g/mol. The molecule has 36 heavy (non-hydrogen) atoms. The Bertz CT molecular complexity index is 1380. The van der Waals surface area contributed by atoms with Gasteiger partial charge < -0.3 is 14.5 Å². The van der Waals surface area contributed by atoms with E-state index in [9.17, 15) is 4.79 Å². The van der Waals surface area contributed by atoms with Crippen LogP contribution in [0.1, 0.15) is 27.2 Å². The lowest BCUT2D eigenvalue weighted by Crippen LogP contribution is -2.49. The number of methoxy groups -OCH3 is 1. The number of hydrogen-bond acceptors (Lipinski definition) is 4. The van der Waals surface area contributed by atoms with Gasteiger partial charge in [0.15, 0.2) is 0 Å². The van der Waals surface area contributed by atoms with Gasteiger partial charge in [0.2, 0.25) is 0 Å². The third kappa shape index (κ3) is 4.59. The van der Waals surface area contributed by atoms with Crippen molar-refractivity contribution in [1.29, 1.82) is 0 Å². The van der Waals surface area contributed by atoms with E-state index < -0.39 is 0 Å². The lowest BCUT2D eigenvalue weighted by molar-refractivity contribution is 0.0737. The SMILES string of the molecule is COc1ccccc1N1CCN(C(=O)c2cc(-c3ccc(C)c(C)c3)nn2-c2ccc(C)cc2)CC1. The zero-order valence-electron chi connectivity index (χ0n) is 21.4. The Morgan fingerprint density at radius 1 is 0.833 bits per heavy atom. The van der Waals surface area contributed by atoms with E-state index in [2.05, 4.69) is 49.9 Å². The highest BCUT2D eigenvalue weighted by molar-refractivity contribution is 5.94. The zero-order chi connectivity index (χ0) is 25.2. The molecule has 5 rings (SSSR count). The first kappa shape index (κ1) is 23.7. The molecule has 1 aliphatic rings. The monoisotopic (exact) mass is 480 g/mol. The van der Waals surface area contributed by atoms with Gasteiger partial charge in [-0.1, -0.05) is 42.0 Å². The summed E-state index contributed by atoms with van der Waals surface area (Å²) in [5.41, 5.74) is 7.95. The first-order valence-electron chi connectivity index (χ1n) is 12.4. The highest BCUT2D eigenvalue weighted by Gasteiger charge is 2.27. The molecule has 1 saturated heterocycles. The molecule has 2 heterocycles. The molecule has 0 bridgehead atoms. The summed E-state index contributed by atoms with van der Waals surface area (Å²) >= 11 is 0. The van der Waals surface area contributed by atoms with Crippen LogP contribution in [-0.2, 0) is 0 Å². The first-order valence-corrected chi connectivity index (χ1v) is 12.4. The number of carbonyl (C=O) groups is 1. The van der Waals surface area contributed by atoms with Crippen molar-refractivity contribution in [3.8, 4) is 22.7 Å². The van der Waals surface area contributed by atoms with Crippen molar-refractivity contribution >= 4 is 11.6 Å². The second-order valence-electron chi connectivity index (χ2n) is 9.41. The van der Waals surface area contributed by atoms with Crippen molar-refractivity contribution < 1.29 is 9.53 Å². The molecule has 1 aliphatic heterocycles. The Hall–Kier alpha value is -4.06. The van der Waals surface area contributed by atoms with Gasteiger partial charge in [0, 0.05) is 31.7 Å². The molecular formula is C30H32N4O2. The molecule has 1 fully saturated rings. The summed E-state index contributed by atoms with van der Waals surface area (Å²) in [6.07, 6.45) is 0. The van der Waals surface area contributed by atoms with E-state index in [1.165, 1.54) is 16.7 Å². The number of ether oxygens (including phenoxy) is 1. The standard InChI is InChI=1S/C30H32N4O2/c1-21-9-13-25(14-10-21)34-28(20-26(31-34)24-12-11-22(2)23(3)19-24)30(35)33-17-15-32(16-18-33)27-7-5-6-8-29(27)36-4/h5-14,19-20H,15-18H2,1-4H3. The molecule has 0 atom stereocenters. The second kappa shape index (κ2) is 9.90. The van der Waals surface area contributed by atoms with Crippen LogP contribution in [0.25, 0.3) is 16.9 Å². The smallest absolute Gasteiger partial charge is 0.272 e. The molecule has 0 saturated carbocycles. The van der Waals surface area contributed by atoms with Crippen LogP contribution < -0.4 is 9.64 Å². The van der Waals surface area contributed by atoms with E-state index in [1.807, 2.05) is 53.4 Å². The summed E-state index contributed by atoms with van der Waals surface area (Å²) in [6, 6.07) is 24.4. The van der Waals surface area contributed by atoms with Crippen molar-refractivity contribution in [3.63, 3.8) is 0 Å².